The van der Waals surface area contributed by atoms with E-state index < -0.39 is 10.0 Å². The van der Waals surface area contributed by atoms with Crippen LogP contribution in [-0.4, -0.2) is 20.4 Å². The average molecular weight is 364 g/mol. The number of aromatic nitrogens is 1. The minimum Gasteiger partial charge on any atom is -0.452 e. The van der Waals surface area contributed by atoms with Gasteiger partial charge >= 0.3 is 0 Å². The van der Waals surface area contributed by atoms with Gasteiger partial charge in [-0.05, 0) is 29.9 Å². The zero-order valence-electron chi connectivity index (χ0n) is 10.9. The first-order valence-electron chi connectivity index (χ1n) is 5.76. The Morgan fingerprint density at radius 2 is 2.10 bits per heavy atom. The maximum atomic E-state index is 12.2. The molecule has 2 heterocycles. The summed E-state index contributed by atoms with van der Waals surface area (Å²) in [6.45, 7) is 2.16. The molecular weight excluding hydrogens is 350 g/mol. The van der Waals surface area contributed by atoms with Gasteiger partial charge in [0, 0.05) is 6.07 Å². The van der Waals surface area contributed by atoms with E-state index in [1.165, 1.54) is 12.3 Å². The van der Waals surface area contributed by atoms with Gasteiger partial charge < -0.3 is 14.2 Å². The molecule has 110 valence electrons. The molecule has 0 aliphatic heterocycles. The standard InChI is InChI=1S/C11H14BrN3O4S/c1-7-4-14-10(18-7)6-15-20(16,17)9-3-8(5-13-2)19-11(9)12/h3-4,13,15H,5-6H2,1-2H3. The van der Waals surface area contributed by atoms with E-state index in [2.05, 4.69) is 31.0 Å². The summed E-state index contributed by atoms with van der Waals surface area (Å²) < 4.78 is 37.4. The Morgan fingerprint density at radius 1 is 1.35 bits per heavy atom. The van der Waals surface area contributed by atoms with Crippen LogP contribution in [0.2, 0.25) is 0 Å². The van der Waals surface area contributed by atoms with Crippen molar-refractivity contribution >= 4 is 26.0 Å². The van der Waals surface area contributed by atoms with E-state index in [-0.39, 0.29) is 16.1 Å². The molecule has 0 saturated carbocycles. The zero-order chi connectivity index (χ0) is 14.8. The van der Waals surface area contributed by atoms with Crippen LogP contribution in [0.1, 0.15) is 17.4 Å². The molecule has 0 aliphatic carbocycles. The lowest BCUT2D eigenvalue weighted by Crippen LogP contribution is -2.23. The summed E-state index contributed by atoms with van der Waals surface area (Å²) in [5.74, 6) is 1.45. The van der Waals surface area contributed by atoms with Crippen molar-refractivity contribution in [1.29, 1.82) is 0 Å². The van der Waals surface area contributed by atoms with Crippen molar-refractivity contribution in [2.45, 2.75) is 24.9 Å². The third kappa shape index (κ3) is 3.48. The van der Waals surface area contributed by atoms with Gasteiger partial charge in [0.15, 0.2) is 4.67 Å². The molecule has 0 saturated heterocycles. The van der Waals surface area contributed by atoms with Crippen molar-refractivity contribution in [3.05, 3.63) is 34.3 Å². The molecule has 0 aliphatic rings. The third-order valence-electron chi connectivity index (χ3n) is 2.43. The minimum atomic E-state index is -3.70. The first-order chi connectivity index (χ1) is 9.42. The molecule has 0 fully saturated rings. The number of oxazole rings is 1. The smallest absolute Gasteiger partial charge is 0.245 e. The molecule has 2 N–H and O–H groups in total. The number of aryl methyl sites for hydroxylation is 1. The van der Waals surface area contributed by atoms with E-state index >= 15 is 0 Å². The molecular formula is C11H14BrN3O4S. The Morgan fingerprint density at radius 3 is 2.70 bits per heavy atom. The topological polar surface area (TPSA) is 97.4 Å². The highest BCUT2D eigenvalue weighted by Gasteiger charge is 2.22. The van der Waals surface area contributed by atoms with E-state index in [0.29, 0.717) is 24.0 Å². The molecule has 7 nitrogen and oxygen atoms in total. The molecule has 2 rings (SSSR count). The number of rotatable bonds is 6. The van der Waals surface area contributed by atoms with Crippen LogP contribution in [0.25, 0.3) is 0 Å². The normalized spacial score (nSPS) is 11.9. The molecule has 0 bridgehead atoms. The summed E-state index contributed by atoms with van der Waals surface area (Å²) in [5.41, 5.74) is 0. The Balaban J connectivity index is 2.13. The van der Waals surface area contributed by atoms with Crippen LogP contribution in [0.3, 0.4) is 0 Å². The zero-order valence-corrected chi connectivity index (χ0v) is 13.3. The second kappa shape index (κ2) is 6.08. The summed E-state index contributed by atoms with van der Waals surface area (Å²) in [5, 5.41) is 2.88. The first kappa shape index (κ1) is 15.2. The number of halogens is 1. The fraction of sp³-hybridized carbons (Fsp3) is 0.364. The highest BCUT2D eigenvalue weighted by molar-refractivity contribution is 9.10. The molecule has 0 aromatic carbocycles. The summed E-state index contributed by atoms with van der Waals surface area (Å²) in [6, 6.07) is 1.46. The maximum Gasteiger partial charge on any atom is 0.245 e. The SMILES string of the molecule is CNCc1cc(S(=O)(=O)NCc2ncc(C)o2)c(Br)o1. The van der Waals surface area contributed by atoms with Crippen molar-refractivity contribution < 1.29 is 17.3 Å². The molecule has 2 aromatic rings. The summed E-state index contributed by atoms with van der Waals surface area (Å²) >= 11 is 3.10. The van der Waals surface area contributed by atoms with Gasteiger partial charge in [0.2, 0.25) is 15.9 Å². The van der Waals surface area contributed by atoms with Crippen LogP contribution >= 0.6 is 15.9 Å². The molecule has 0 spiro atoms. The van der Waals surface area contributed by atoms with Gasteiger partial charge in [-0.2, -0.15) is 0 Å². The second-order valence-corrected chi connectivity index (χ2v) is 6.53. The van der Waals surface area contributed by atoms with E-state index in [1.54, 1.807) is 14.0 Å². The molecule has 2 aromatic heterocycles. The van der Waals surface area contributed by atoms with Gasteiger partial charge in [0.25, 0.3) is 0 Å². The van der Waals surface area contributed by atoms with Gasteiger partial charge in [0.1, 0.15) is 16.4 Å². The molecule has 0 unspecified atom stereocenters. The van der Waals surface area contributed by atoms with Gasteiger partial charge in [-0.3, -0.25) is 0 Å². The fourth-order valence-corrected chi connectivity index (χ4v) is 3.53. The van der Waals surface area contributed by atoms with E-state index in [0.717, 1.165) is 0 Å². The highest BCUT2D eigenvalue weighted by Crippen LogP contribution is 2.26. The minimum absolute atomic E-state index is 0.0187. The predicted molar refractivity (Wildman–Crippen MR) is 74.4 cm³/mol. The summed E-state index contributed by atoms with van der Waals surface area (Å²) in [7, 11) is -1.95. The molecule has 0 amide bonds. The van der Waals surface area contributed by atoms with Crippen LogP contribution in [0.5, 0.6) is 0 Å². The molecule has 9 heteroatoms. The van der Waals surface area contributed by atoms with Crippen LogP contribution in [0, 0.1) is 6.92 Å². The Bertz CT molecular complexity index is 692. The predicted octanol–water partition coefficient (Wildman–Crippen LogP) is 1.54. The van der Waals surface area contributed by atoms with Gasteiger partial charge in [-0.15, -0.1) is 0 Å². The lowest BCUT2D eigenvalue weighted by Gasteiger charge is -2.02. The summed E-state index contributed by atoms with van der Waals surface area (Å²) in [4.78, 5) is 3.98. The lowest BCUT2D eigenvalue weighted by atomic mass is 10.4. The largest absolute Gasteiger partial charge is 0.452 e. The van der Waals surface area contributed by atoms with Crippen molar-refractivity contribution in [1.82, 2.24) is 15.0 Å². The fourth-order valence-electron chi connectivity index (χ4n) is 1.56. The average Bonchev–Trinajstić information content (AvgIpc) is 2.94. The maximum absolute atomic E-state index is 12.2. The number of sulfonamides is 1. The van der Waals surface area contributed by atoms with Crippen LogP contribution in [-0.2, 0) is 23.1 Å². The monoisotopic (exact) mass is 363 g/mol. The number of furan rings is 1. The Hall–Kier alpha value is -1.16. The van der Waals surface area contributed by atoms with Crippen molar-refractivity contribution in [2.24, 2.45) is 0 Å². The number of hydrogen-bond acceptors (Lipinski definition) is 6. The van der Waals surface area contributed by atoms with Gasteiger partial charge in [-0.25, -0.2) is 18.1 Å². The molecule has 20 heavy (non-hydrogen) atoms. The van der Waals surface area contributed by atoms with Crippen molar-refractivity contribution in [3.63, 3.8) is 0 Å². The van der Waals surface area contributed by atoms with Crippen molar-refractivity contribution in [3.8, 4) is 0 Å². The second-order valence-electron chi connectivity index (χ2n) is 4.07. The Labute approximate surface area is 124 Å². The molecule has 0 atom stereocenters. The van der Waals surface area contributed by atoms with Gasteiger partial charge in [0.05, 0.1) is 19.3 Å². The molecule has 0 radical (unpaired) electrons. The Kier molecular flexibility index (Phi) is 4.63. The third-order valence-corrected chi connectivity index (χ3v) is 4.69. The van der Waals surface area contributed by atoms with E-state index in [9.17, 15) is 8.42 Å². The number of hydrogen-bond donors (Lipinski definition) is 2. The lowest BCUT2D eigenvalue weighted by molar-refractivity contribution is 0.461. The number of nitrogens with zero attached hydrogens (tertiary/aromatic N) is 1. The van der Waals surface area contributed by atoms with E-state index in [1.807, 2.05) is 0 Å². The number of nitrogens with one attached hydrogen (secondary N) is 2. The van der Waals surface area contributed by atoms with Gasteiger partial charge in [-0.1, -0.05) is 0 Å². The summed E-state index contributed by atoms with van der Waals surface area (Å²) in [6.07, 6.45) is 1.53. The van der Waals surface area contributed by atoms with Crippen LogP contribution in [0.4, 0.5) is 0 Å². The quantitative estimate of drug-likeness (QED) is 0.807. The van der Waals surface area contributed by atoms with E-state index in [4.69, 9.17) is 8.83 Å². The first-order valence-corrected chi connectivity index (χ1v) is 8.04. The van der Waals surface area contributed by atoms with Crippen LogP contribution < -0.4 is 10.0 Å². The highest BCUT2D eigenvalue weighted by atomic mass is 79.9. The van der Waals surface area contributed by atoms with Crippen LogP contribution in [0.15, 0.2) is 30.7 Å². The van der Waals surface area contributed by atoms with Crippen molar-refractivity contribution in [2.75, 3.05) is 7.05 Å².